The zero-order valence-corrected chi connectivity index (χ0v) is 14.4. The van der Waals surface area contributed by atoms with Gasteiger partial charge in [0, 0.05) is 17.7 Å². The van der Waals surface area contributed by atoms with Crippen LogP contribution >= 0.6 is 0 Å². The zero-order valence-electron chi connectivity index (χ0n) is 14.4. The Kier molecular flexibility index (Phi) is 5.65. The molecule has 0 atom stereocenters. The first-order valence-corrected chi connectivity index (χ1v) is 8.15. The van der Waals surface area contributed by atoms with Gasteiger partial charge in [0.25, 0.3) is 5.69 Å². The van der Waals surface area contributed by atoms with Crippen molar-refractivity contribution in [1.82, 2.24) is 0 Å². The molecule has 0 saturated heterocycles. The Bertz CT molecular complexity index is 1040. The van der Waals surface area contributed by atoms with Crippen LogP contribution in [0.25, 0.3) is 10.8 Å². The predicted octanol–water partition coefficient (Wildman–Crippen LogP) is 4.31. The highest BCUT2D eigenvalue weighted by Gasteiger charge is 2.08. The molecule has 0 aliphatic rings. The highest BCUT2D eigenvalue weighted by Crippen LogP contribution is 2.26. The monoisotopic (exact) mass is 360 g/mol. The van der Waals surface area contributed by atoms with Crippen LogP contribution in [0.4, 0.5) is 5.69 Å². The van der Waals surface area contributed by atoms with Crippen LogP contribution in [0.5, 0.6) is 5.75 Å². The standard InChI is InChI=1S/C21H16N2O4/c1-2-12-26-21-11-10-17-7-3-4-9-19(17)20(21)14-22-27-15-16-6-5-8-18(13-16)23(24)25/h1,3-11,13-14H,12,15H2/b22-14-. The summed E-state index contributed by atoms with van der Waals surface area (Å²) in [5.41, 5.74) is 1.42. The number of terminal acetylenes is 1. The Balaban J connectivity index is 1.79. The smallest absolute Gasteiger partial charge is 0.269 e. The molecule has 0 N–H and O–H groups in total. The first-order valence-electron chi connectivity index (χ1n) is 8.15. The fourth-order valence-electron chi connectivity index (χ4n) is 2.62. The molecule has 0 aromatic heterocycles. The van der Waals surface area contributed by atoms with Crippen LogP contribution in [-0.2, 0) is 11.4 Å². The summed E-state index contributed by atoms with van der Waals surface area (Å²) in [6.07, 6.45) is 6.84. The van der Waals surface area contributed by atoms with E-state index in [1.165, 1.54) is 12.1 Å². The highest BCUT2D eigenvalue weighted by molar-refractivity contribution is 6.02. The van der Waals surface area contributed by atoms with Crippen LogP contribution in [0.2, 0.25) is 0 Å². The maximum atomic E-state index is 10.8. The largest absolute Gasteiger partial charge is 0.480 e. The van der Waals surface area contributed by atoms with Gasteiger partial charge in [0.1, 0.15) is 19.0 Å². The number of ether oxygens (including phenoxy) is 1. The van der Waals surface area contributed by atoms with Crippen LogP contribution < -0.4 is 4.74 Å². The molecule has 0 radical (unpaired) electrons. The minimum Gasteiger partial charge on any atom is -0.480 e. The van der Waals surface area contributed by atoms with Gasteiger partial charge in [-0.1, -0.05) is 53.5 Å². The average Bonchev–Trinajstić information content (AvgIpc) is 2.70. The van der Waals surface area contributed by atoms with E-state index in [9.17, 15) is 10.1 Å². The van der Waals surface area contributed by atoms with Crippen molar-refractivity contribution in [2.75, 3.05) is 6.61 Å². The van der Waals surface area contributed by atoms with Crippen molar-refractivity contribution in [3.63, 3.8) is 0 Å². The van der Waals surface area contributed by atoms with E-state index in [2.05, 4.69) is 11.1 Å². The molecule has 0 heterocycles. The van der Waals surface area contributed by atoms with Gasteiger partial charge in [-0.2, -0.15) is 0 Å². The molecule has 6 heteroatoms. The second-order valence-corrected chi connectivity index (χ2v) is 5.63. The van der Waals surface area contributed by atoms with E-state index in [0.29, 0.717) is 11.3 Å². The van der Waals surface area contributed by atoms with E-state index in [1.807, 2.05) is 36.4 Å². The van der Waals surface area contributed by atoms with Gasteiger partial charge >= 0.3 is 0 Å². The van der Waals surface area contributed by atoms with Crippen molar-refractivity contribution < 1.29 is 14.5 Å². The summed E-state index contributed by atoms with van der Waals surface area (Å²) in [7, 11) is 0. The summed E-state index contributed by atoms with van der Waals surface area (Å²) in [5, 5.41) is 16.8. The number of nitro groups is 1. The Hall–Kier alpha value is -3.85. The van der Waals surface area contributed by atoms with Gasteiger partial charge in [0.2, 0.25) is 0 Å². The summed E-state index contributed by atoms with van der Waals surface area (Å²) in [6.45, 7) is 0.261. The molecular weight excluding hydrogens is 344 g/mol. The van der Waals surface area contributed by atoms with Crippen molar-refractivity contribution in [2.24, 2.45) is 5.16 Å². The van der Waals surface area contributed by atoms with Crippen molar-refractivity contribution in [3.05, 3.63) is 81.9 Å². The number of nitrogens with zero attached hydrogens (tertiary/aromatic N) is 2. The molecule has 0 unspecified atom stereocenters. The normalized spacial score (nSPS) is 10.6. The minimum atomic E-state index is -0.446. The highest BCUT2D eigenvalue weighted by atomic mass is 16.6. The minimum absolute atomic E-state index is 0.0131. The number of hydrogen-bond acceptors (Lipinski definition) is 5. The second kappa shape index (κ2) is 8.50. The van der Waals surface area contributed by atoms with Crippen molar-refractivity contribution in [1.29, 1.82) is 0 Å². The number of nitro benzene ring substituents is 1. The molecule has 0 spiro atoms. The van der Waals surface area contributed by atoms with Gasteiger partial charge in [0.15, 0.2) is 0 Å². The van der Waals surface area contributed by atoms with Crippen molar-refractivity contribution in [2.45, 2.75) is 6.61 Å². The van der Waals surface area contributed by atoms with E-state index in [4.69, 9.17) is 16.0 Å². The fourth-order valence-corrected chi connectivity index (χ4v) is 2.62. The van der Waals surface area contributed by atoms with Gasteiger partial charge in [-0.3, -0.25) is 10.1 Å². The average molecular weight is 360 g/mol. The molecular formula is C21H16N2O4. The predicted molar refractivity (Wildman–Crippen MR) is 104 cm³/mol. The van der Waals surface area contributed by atoms with Crippen LogP contribution in [0.3, 0.4) is 0 Å². The first kappa shape index (κ1) is 18.0. The molecule has 0 fully saturated rings. The molecule has 0 aliphatic carbocycles. The Labute approximate surface area is 156 Å². The molecule has 3 rings (SSSR count). The molecule has 27 heavy (non-hydrogen) atoms. The van der Waals surface area contributed by atoms with E-state index in [0.717, 1.165) is 16.3 Å². The van der Waals surface area contributed by atoms with Crippen LogP contribution in [0.15, 0.2) is 65.8 Å². The molecule has 0 saturated carbocycles. The lowest BCUT2D eigenvalue weighted by Gasteiger charge is -2.09. The van der Waals surface area contributed by atoms with Gasteiger partial charge < -0.3 is 9.57 Å². The lowest BCUT2D eigenvalue weighted by atomic mass is 10.0. The van der Waals surface area contributed by atoms with E-state index < -0.39 is 4.92 Å². The topological polar surface area (TPSA) is 74.0 Å². The van der Waals surface area contributed by atoms with E-state index in [-0.39, 0.29) is 18.9 Å². The Morgan fingerprint density at radius 3 is 2.81 bits per heavy atom. The van der Waals surface area contributed by atoms with Crippen molar-refractivity contribution >= 4 is 22.7 Å². The van der Waals surface area contributed by atoms with Crippen LogP contribution in [0, 0.1) is 22.5 Å². The molecule has 0 aliphatic heterocycles. The number of oxime groups is 1. The quantitative estimate of drug-likeness (QED) is 0.272. The number of benzene rings is 3. The van der Waals surface area contributed by atoms with Gasteiger partial charge in [-0.05, 0) is 22.4 Å². The number of rotatable bonds is 7. The van der Waals surface area contributed by atoms with E-state index >= 15 is 0 Å². The first-order chi connectivity index (χ1) is 13.2. The number of hydrogen-bond donors (Lipinski definition) is 0. The van der Waals surface area contributed by atoms with Gasteiger partial charge in [-0.15, -0.1) is 6.42 Å². The van der Waals surface area contributed by atoms with Crippen LogP contribution in [0.1, 0.15) is 11.1 Å². The third-order valence-corrected chi connectivity index (χ3v) is 3.85. The molecule has 3 aromatic carbocycles. The SMILES string of the molecule is C#CCOc1ccc2ccccc2c1/C=N\OCc1cccc([N+](=O)[O-])c1. The molecule has 0 amide bonds. The van der Waals surface area contributed by atoms with Gasteiger partial charge in [0.05, 0.1) is 11.1 Å². The maximum absolute atomic E-state index is 10.8. The third-order valence-electron chi connectivity index (χ3n) is 3.85. The second-order valence-electron chi connectivity index (χ2n) is 5.63. The summed E-state index contributed by atoms with van der Waals surface area (Å²) in [5.74, 6) is 3.05. The Morgan fingerprint density at radius 1 is 1.15 bits per heavy atom. The lowest BCUT2D eigenvalue weighted by Crippen LogP contribution is -1.99. The summed E-state index contributed by atoms with van der Waals surface area (Å²) < 4.78 is 5.59. The molecule has 134 valence electrons. The summed E-state index contributed by atoms with van der Waals surface area (Å²) in [4.78, 5) is 15.7. The molecule has 3 aromatic rings. The van der Waals surface area contributed by atoms with Crippen molar-refractivity contribution in [3.8, 4) is 18.1 Å². The zero-order chi connectivity index (χ0) is 19.1. The summed E-state index contributed by atoms with van der Waals surface area (Å²) in [6, 6.07) is 17.8. The third kappa shape index (κ3) is 4.41. The van der Waals surface area contributed by atoms with Crippen LogP contribution in [-0.4, -0.2) is 17.7 Å². The number of fused-ring (bicyclic) bond motifs is 1. The Morgan fingerprint density at radius 2 is 2.00 bits per heavy atom. The van der Waals surface area contributed by atoms with Gasteiger partial charge in [-0.25, -0.2) is 0 Å². The lowest BCUT2D eigenvalue weighted by molar-refractivity contribution is -0.384. The molecule has 0 bridgehead atoms. The number of non-ortho nitro benzene ring substituents is 1. The summed E-state index contributed by atoms with van der Waals surface area (Å²) >= 11 is 0. The fraction of sp³-hybridized carbons (Fsp3) is 0.0952. The molecule has 6 nitrogen and oxygen atoms in total. The maximum Gasteiger partial charge on any atom is 0.269 e. The van der Waals surface area contributed by atoms with E-state index in [1.54, 1.807) is 18.3 Å².